The molecule has 2 aromatic heterocycles. The molecule has 0 saturated carbocycles. The highest BCUT2D eigenvalue weighted by atomic mass is 16.6. The quantitative estimate of drug-likeness (QED) is 0.511. The maximum absolute atomic E-state index is 12.0. The molecule has 1 saturated heterocycles. The number of hydrogen-bond donors (Lipinski definition) is 4. The number of aliphatic hydroxyl groups is 2. The summed E-state index contributed by atoms with van der Waals surface area (Å²) in [5.74, 6) is 0.359. The monoisotopic (exact) mass is 310 g/mol. The zero-order valence-corrected chi connectivity index (χ0v) is 12.4. The molecule has 2 aromatic rings. The lowest BCUT2D eigenvalue weighted by atomic mass is 10.2. The Kier molecular flexibility index (Phi) is 3.60. The normalized spacial score (nSPS) is 28.4. The van der Waals surface area contributed by atoms with Crippen LogP contribution in [0.4, 0.5) is 5.95 Å². The Hall–Kier alpha value is -2.01. The Morgan fingerprint density at radius 2 is 2.14 bits per heavy atom. The minimum Gasteiger partial charge on any atom is -0.386 e. The number of nitrogens with zero attached hydrogens (tertiary/aromatic N) is 4. The third-order valence-corrected chi connectivity index (χ3v) is 3.64. The van der Waals surface area contributed by atoms with E-state index in [1.807, 2.05) is 0 Å². The van der Waals surface area contributed by atoms with Crippen LogP contribution in [0.15, 0.2) is 11.1 Å². The van der Waals surface area contributed by atoms with Gasteiger partial charge in [-0.05, 0) is 7.05 Å². The summed E-state index contributed by atoms with van der Waals surface area (Å²) in [5.41, 5.74) is 0.0369. The Morgan fingerprint density at radius 1 is 1.41 bits per heavy atom. The highest BCUT2D eigenvalue weighted by Crippen LogP contribution is 2.29. The fourth-order valence-electron chi connectivity index (χ4n) is 2.44. The van der Waals surface area contributed by atoms with Crippen molar-refractivity contribution in [1.29, 1.82) is 0 Å². The van der Waals surface area contributed by atoms with Gasteiger partial charge in [-0.2, -0.15) is 4.98 Å². The molecule has 120 valence electrons. The molecule has 0 radical (unpaired) electrons. The van der Waals surface area contributed by atoms with Gasteiger partial charge in [-0.15, -0.1) is 0 Å². The van der Waals surface area contributed by atoms with Crippen molar-refractivity contribution in [3.63, 3.8) is 0 Å². The number of aromatic amines is 1. The van der Waals surface area contributed by atoms with Crippen LogP contribution in [-0.4, -0.2) is 69.3 Å². The van der Waals surface area contributed by atoms with Crippen LogP contribution in [0.1, 0.15) is 6.23 Å². The average molecular weight is 310 g/mol. The van der Waals surface area contributed by atoms with Crippen molar-refractivity contribution in [3.05, 3.63) is 16.7 Å². The summed E-state index contributed by atoms with van der Waals surface area (Å²) in [6.07, 6.45) is -2.50. The second kappa shape index (κ2) is 5.32. The molecule has 1 aliphatic heterocycles. The van der Waals surface area contributed by atoms with E-state index in [2.05, 4.69) is 20.3 Å². The van der Waals surface area contributed by atoms with E-state index in [4.69, 9.17) is 4.74 Å². The first-order valence-electron chi connectivity index (χ1n) is 6.77. The van der Waals surface area contributed by atoms with E-state index in [0.29, 0.717) is 5.95 Å². The van der Waals surface area contributed by atoms with E-state index in [1.165, 1.54) is 10.9 Å². The summed E-state index contributed by atoms with van der Waals surface area (Å²) >= 11 is 0. The number of imidazole rings is 1. The first kappa shape index (κ1) is 14.9. The van der Waals surface area contributed by atoms with E-state index in [-0.39, 0.29) is 16.7 Å². The predicted molar refractivity (Wildman–Crippen MR) is 77.5 cm³/mol. The third-order valence-electron chi connectivity index (χ3n) is 3.64. The van der Waals surface area contributed by atoms with Gasteiger partial charge in [0.2, 0.25) is 5.95 Å². The Labute approximate surface area is 125 Å². The molecule has 0 bridgehead atoms. The van der Waals surface area contributed by atoms with Gasteiger partial charge in [0.15, 0.2) is 17.4 Å². The number of nitrogens with one attached hydrogen (secondary N) is 2. The lowest BCUT2D eigenvalue weighted by molar-refractivity contribution is -0.0429. The van der Waals surface area contributed by atoms with Crippen LogP contribution in [-0.2, 0) is 4.74 Å². The molecular formula is C12H18N6O4. The molecule has 4 atom stereocenters. The minimum absolute atomic E-state index is 0.142. The number of ether oxygens (including phenoxy) is 1. The topological polar surface area (TPSA) is 129 Å². The molecule has 1 aliphatic rings. The molecule has 0 aliphatic carbocycles. The van der Waals surface area contributed by atoms with Gasteiger partial charge in [0.1, 0.15) is 18.4 Å². The van der Waals surface area contributed by atoms with Gasteiger partial charge in [-0.1, -0.05) is 0 Å². The minimum atomic E-state index is -1.17. The van der Waals surface area contributed by atoms with E-state index in [0.717, 1.165) is 0 Å². The van der Waals surface area contributed by atoms with Gasteiger partial charge in [-0.25, -0.2) is 4.98 Å². The van der Waals surface area contributed by atoms with Crippen LogP contribution >= 0.6 is 0 Å². The summed E-state index contributed by atoms with van der Waals surface area (Å²) in [4.78, 5) is 24.6. The summed E-state index contributed by atoms with van der Waals surface area (Å²) in [5, 5.41) is 22.8. The zero-order chi connectivity index (χ0) is 16.0. The van der Waals surface area contributed by atoms with Gasteiger partial charge in [0.25, 0.3) is 5.56 Å². The summed E-state index contributed by atoms with van der Waals surface area (Å²) in [6.45, 7) is 0. The largest absolute Gasteiger partial charge is 0.386 e. The van der Waals surface area contributed by atoms with E-state index in [1.54, 1.807) is 26.0 Å². The van der Waals surface area contributed by atoms with Crippen LogP contribution in [0.2, 0.25) is 0 Å². The third kappa shape index (κ3) is 2.16. The molecule has 4 N–H and O–H groups in total. The highest BCUT2D eigenvalue weighted by molar-refractivity contribution is 5.71. The van der Waals surface area contributed by atoms with E-state index >= 15 is 0 Å². The number of fused-ring (bicyclic) bond motifs is 1. The maximum atomic E-state index is 12.0. The van der Waals surface area contributed by atoms with Crippen molar-refractivity contribution in [3.8, 4) is 0 Å². The van der Waals surface area contributed by atoms with Crippen molar-refractivity contribution < 1.29 is 14.9 Å². The van der Waals surface area contributed by atoms with Gasteiger partial charge in [0, 0.05) is 14.1 Å². The molecule has 0 spiro atoms. The second-order valence-electron chi connectivity index (χ2n) is 5.33. The first-order chi connectivity index (χ1) is 10.4. The Balaban J connectivity index is 2.10. The SMILES string of the molecule is CNC1OC(n2cnc3c(=O)[nH]c(N(C)C)nc32)C(O)C1O. The van der Waals surface area contributed by atoms with Crippen LogP contribution < -0.4 is 15.8 Å². The first-order valence-corrected chi connectivity index (χ1v) is 6.77. The molecule has 3 rings (SSSR count). The second-order valence-corrected chi connectivity index (χ2v) is 5.33. The van der Waals surface area contributed by atoms with E-state index in [9.17, 15) is 15.0 Å². The van der Waals surface area contributed by atoms with Crippen molar-refractivity contribution in [2.75, 3.05) is 26.0 Å². The molecule has 4 unspecified atom stereocenters. The number of rotatable bonds is 3. The molecule has 3 heterocycles. The lowest BCUT2D eigenvalue weighted by Crippen LogP contribution is -2.38. The molecule has 10 heteroatoms. The van der Waals surface area contributed by atoms with Crippen molar-refractivity contribution >= 4 is 17.1 Å². The molecule has 22 heavy (non-hydrogen) atoms. The Bertz CT molecular complexity index is 741. The van der Waals surface area contributed by atoms with Gasteiger partial charge >= 0.3 is 0 Å². The Morgan fingerprint density at radius 3 is 2.73 bits per heavy atom. The number of H-pyrrole nitrogens is 1. The molecular weight excluding hydrogens is 292 g/mol. The van der Waals surface area contributed by atoms with Crippen molar-refractivity contribution in [2.45, 2.75) is 24.7 Å². The van der Waals surface area contributed by atoms with Crippen LogP contribution in [0.25, 0.3) is 11.2 Å². The fraction of sp³-hybridized carbons (Fsp3) is 0.583. The number of anilines is 1. The van der Waals surface area contributed by atoms with Gasteiger partial charge in [-0.3, -0.25) is 19.7 Å². The fourth-order valence-corrected chi connectivity index (χ4v) is 2.44. The van der Waals surface area contributed by atoms with Crippen LogP contribution in [0.3, 0.4) is 0 Å². The van der Waals surface area contributed by atoms with E-state index < -0.39 is 24.7 Å². The maximum Gasteiger partial charge on any atom is 0.280 e. The zero-order valence-electron chi connectivity index (χ0n) is 12.4. The number of aromatic nitrogens is 4. The van der Waals surface area contributed by atoms with Crippen LogP contribution in [0, 0.1) is 0 Å². The van der Waals surface area contributed by atoms with Crippen LogP contribution in [0.5, 0.6) is 0 Å². The smallest absolute Gasteiger partial charge is 0.280 e. The van der Waals surface area contributed by atoms with Crippen molar-refractivity contribution in [1.82, 2.24) is 24.8 Å². The average Bonchev–Trinajstić information content (AvgIpc) is 3.02. The number of likely N-dealkylation sites (N-methyl/N-ethyl adjacent to an activating group) is 1. The highest BCUT2D eigenvalue weighted by Gasteiger charge is 2.43. The standard InChI is InChI=1S/C12H18N6O4/c1-13-10-6(19)7(20)11(22-10)18-4-14-5-8(18)15-12(17(2)3)16-9(5)21/h4,6-7,10-11,13,19-20H,1-3H3,(H,15,16,21). The summed E-state index contributed by atoms with van der Waals surface area (Å²) < 4.78 is 7.02. The molecule has 0 amide bonds. The lowest BCUT2D eigenvalue weighted by Gasteiger charge is -2.17. The molecule has 0 aromatic carbocycles. The van der Waals surface area contributed by atoms with Crippen molar-refractivity contribution in [2.24, 2.45) is 0 Å². The summed E-state index contributed by atoms with van der Waals surface area (Å²) in [7, 11) is 5.10. The van der Waals surface area contributed by atoms with Gasteiger partial charge in [0.05, 0.1) is 6.33 Å². The number of aliphatic hydroxyl groups excluding tert-OH is 2. The molecule has 1 fully saturated rings. The predicted octanol–water partition coefficient (Wildman–Crippen LogP) is -2.02. The summed E-state index contributed by atoms with van der Waals surface area (Å²) in [6, 6.07) is 0. The molecule has 10 nitrogen and oxygen atoms in total. The number of hydrogen-bond acceptors (Lipinski definition) is 8. The van der Waals surface area contributed by atoms with Gasteiger partial charge < -0.3 is 19.8 Å².